The molecular weight excluding hydrogens is 186 g/mol. The van der Waals surface area contributed by atoms with Crippen LogP contribution in [0.1, 0.15) is 32.0 Å². The first-order valence-electron chi connectivity index (χ1n) is 5.63. The molecular formula is C12H19N3. The number of rotatable bonds is 2. The zero-order chi connectivity index (χ0) is 10.8. The van der Waals surface area contributed by atoms with E-state index in [1.807, 2.05) is 19.2 Å². The molecule has 1 saturated heterocycles. The molecule has 0 radical (unpaired) electrons. The Kier molecular flexibility index (Phi) is 2.91. The van der Waals surface area contributed by atoms with E-state index in [1.165, 1.54) is 12.1 Å². The maximum absolute atomic E-state index is 5.76. The van der Waals surface area contributed by atoms with E-state index in [0.29, 0.717) is 0 Å². The Hall–Kier alpha value is -1.09. The van der Waals surface area contributed by atoms with Crippen molar-refractivity contribution < 1.29 is 0 Å². The van der Waals surface area contributed by atoms with Crippen molar-refractivity contribution >= 4 is 5.69 Å². The Morgan fingerprint density at radius 2 is 2.33 bits per heavy atom. The second-order valence-electron chi connectivity index (χ2n) is 4.57. The monoisotopic (exact) mass is 205 g/mol. The molecule has 15 heavy (non-hydrogen) atoms. The standard InChI is InChI=1S/C12H19N3/c1-9-5-6-15(8-9)11-3-4-12(10(2)13)14-7-11/h3-4,7,9-10H,5-6,8,13H2,1-2H3/t9?,10-/m0/s1. The average Bonchev–Trinajstić information content (AvgIpc) is 2.65. The highest BCUT2D eigenvalue weighted by atomic mass is 15.2. The molecule has 82 valence electrons. The van der Waals surface area contributed by atoms with Crippen LogP contribution in [0.25, 0.3) is 0 Å². The zero-order valence-electron chi connectivity index (χ0n) is 9.48. The van der Waals surface area contributed by atoms with Crippen LogP contribution >= 0.6 is 0 Å². The van der Waals surface area contributed by atoms with Crippen LogP contribution in [-0.4, -0.2) is 18.1 Å². The SMILES string of the molecule is CC1CCN(c2ccc([C@H](C)N)nc2)C1. The van der Waals surface area contributed by atoms with Gasteiger partial charge in [-0.1, -0.05) is 6.92 Å². The Bertz CT molecular complexity index is 318. The molecule has 0 saturated carbocycles. The fourth-order valence-electron chi connectivity index (χ4n) is 2.02. The minimum absolute atomic E-state index is 0.0246. The lowest BCUT2D eigenvalue weighted by atomic mass is 10.2. The highest BCUT2D eigenvalue weighted by molar-refractivity contribution is 5.45. The zero-order valence-corrected chi connectivity index (χ0v) is 9.48. The van der Waals surface area contributed by atoms with Crippen LogP contribution in [0.5, 0.6) is 0 Å². The maximum Gasteiger partial charge on any atom is 0.0569 e. The number of nitrogens with zero attached hydrogens (tertiary/aromatic N) is 2. The van der Waals surface area contributed by atoms with Gasteiger partial charge in [0.05, 0.1) is 17.6 Å². The molecule has 0 bridgehead atoms. The number of pyridine rings is 1. The number of nitrogens with two attached hydrogens (primary N) is 1. The van der Waals surface area contributed by atoms with Crippen molar-refractivity contribution in [3.8, 4) is 0 Å². The van der Waals surface area contributed by atoms with E-state index in [9.17, 15) is 0 Å². The van der Waals surface area contributed by atoms with Crippen LogP contribution < -0.4 is 10.6 Å². The molecule has 2 N–H and O–H groups in total. The fourth-order valence-corrected chi connectivity index (χ4v) is 2.02. The predicted molar refractivity (Wildman–Crippen MR) is 62.8 cm³/mol. The molecule has 1 fully saturated rings. The molecule has 0 aromatic carbocycles. The molecule has 1 aromatic heterocycles. The third kappa shape index (κ3) is 2.29. The molecule has 0 spiro atoms. The average molecular weight is 205 g/mol. The van der Waals surface area contributed by atoms with Crippen LogP contribution in [0.4, 0.5) is 5.69 Å². The quantitative estimate of drug-likeness (QED) is 0.802. The maximum atomic E-state index is 5.76. The molecule has 2 atom stereocenters. The smallest absolute Gasteiger partial charge is 0.0569 e. The highest BCUT2D eigenvalue weighted by Gasteiger charge is 2.18. The lowest BCUT2D eigenvalue weighted by Crippen LogP contribution is -2.19. The Balaban J connectivity index is 2.10. The minimum atomic E-state index is 0.0246. The van der Waals surface area contributed by atoms with Gasteiger partial charge in [-0.3, -0.25) is 4.98 Å². The van der Waals surface area contributed by atoms with E-state index < -0.39 is 0 Å². The van der Waals surface area contributed by atoms with Crippen molar-refractivity contribution in [2.45, 2.75) is 26.3 Å². The van der Waals surface area contributed by atoms with E-state index in [-0.39, 0.29) is 6.04 Å². The predicted octanol–water partition coefficient (Wildman–Crippen LogP) is 1.95. The molecule has 1 aromatic rings. The van der Waals surface area contributed by atoms with Gasteiger partial charge in [0, 0.05) is 19.1 Å². The molecule has 3 nitrogen and oxygen atoms in total. The summed E-state index contributed by atoms with van der Waals surface area (Å²) in [5.74, 6) is 0.804. The summed E-state index contributed by atoms with van der Waals surface area (Å²) in [6.07, 6.45) is 3.23. The van der Waals surface area contributed by atoms with Crippen molar-refractivity contribution in [2.24, 2.45) is 11.7 Å². The van der Waals surface area contributed by atoms with Gasteiger partial charge in [0.25, 0.3) is 0 Å². The minimum Gasteiger partial charge on any atom is -0.370 e. The molecule has 0 amide bonds. The summed E-state index contributed by atoms with van der Waals surface area (Å²) in [7, 11) is 0. The Labute approximate surface area is 91.3 Å². The van der Waals surface area contributed by atoms with E-state index in [4.69, 9.17) is 5.73 Å². The number of hydrogen-bond acceptors (Lipinski definition) is 3. The number of hydrogen-bond donors (Lipinski definition) is 1. The summed E-state index contributed by atoms with van der Waals surface area (Å²) in [6.45, 7) is 6.56. The molecule has 0 aliphatic carbocycles. The van der Waals surface area contributed by atoms with Gasteiger partial charge in [-0.15, -0.1) is 0 Å². The van der Waals surface area contributed by atoms with Gasteiger partial charge in [-0.2, -0.15) is 0 Å². The third-order valence-corrected chi connectivity index (χ3v) is 3.03. The van der Waals surface area contributed by atoms with E-state index in [2.05, 4.69) is 22.9 Å². The van der Waals surface area contributed by atoms with E-state index >= 15 is 0 Å². The molecule has 1 aliphatic rings. The number of anilines is 1. The molecule has 1 unspecified atom stereocenters. The van der Waals surface area contributed by atoms with E-state index in [1.54, 1.807) is 0 Å². The van der Waals surface area contributed by atoms with Crippen molar-refractivity contribution in [1.82, 2.24) is 4.98 Å². The van der Waals surface area contributed by atoms with Crippen molar-refractivity contribution in [1.29, 1.82) is 0 Å². The van der Waals surface area contributed by atoms with Gasteiger partial charge in [0.15, 0.2) is 0 Å². The number of aromatic nitrogens is 1. The first-order valence-corrected chi connectivity index (χ1v) is 5.63. The molecule has 3 heteroatoms. The fraction of sp³-hybridized carbons (Fsp3) is 0.583. The Morgan fingerprint density at radius 1 is 1.53 bits per heavy atom. The van der Waals surface area contributed by atoms with Crippen LogP contribution in [0.15, 0.2) is 18.3 Å². The van der Waals surface area contributed by atoms with Gasteiger partial charge in [0.1, 0.15) is 0 Å². The molecule has 1 aliphatic heterocycles. The van der Waals surface area contributed by atoms with Crippen LogP contribution in [0.3, 0.4) is 0 Å². The van der Waals surface area contributed by atoms with Gasteiger partial charge >= 0.3 is 0 Å². The van der Waals surface area contributed by atoms with Gasteiger partial charge in [-0.05, 0) is 31.4 Å². The summed E-state index contributed by atoms with van der Waals surface area (Å²) < 4.78 is 0. The van der Waals surface area contributed by atoms with Gasteiger partial charge in [-0.25, -0.2) is 0 Å². The second kappa shape index (κ2) is 4.19. The molecule has 2 rings (SSSR count). The summed E-state index contributed by atoms with van der Waals surface area (Å²) in [5.41, 5.74) is 7.95. The Morgan fingerprint density at radius 3 is 2.80 bits per heavy atom. The van der Waals surface area contributed by atoms with Crippen molar-refractivity contribution in [3.05, 3.63) is 24.0 Å². The normalized spacial score (nSPS) is 23.1. The third-order valence-electron chi connectivity index (χ3n) is 3.03. The molecule has 2 heterocycles. The van der Waals surface area contributed by atoms with Crippen LogP contribution in [0, 0.1) is 5.92 Å². The summed E-state index contributed by atoms with van der Waals surface area (Å²) in [6, 6.07) is 4.18. The lowest BCUT2D eigenvalue weighted by Gasteiger charge is -2.18. The van der Waals surface area contributed by atoms with Gasteiger partial charge < -0.3 is 10.6 Å². The first kappa shape index (κ1) is 10.4. The van der Waals surface area contributed by atoms with Gasteiger partial charge in [0.2, 0.25) is 0 Å². The van der Waals surface area contributed by atoms with Crippen molar-refractivity contribution in [2.75, 3.05) is 18.0 Å². The van der Waals surface area contributed by atoms with Crippen molar-refractivity contribution in [3.63, 3.8) is 0 Å². The van der Waals surface area contributed by atoms with E-state index in [0.717, 1.165) is 24.7 Å². The topological polar surface area (TPSA) is 42.1 Å². The summed E-state index contributed by atoms with van der Waals surface area (Å²) in [4.78, 5) is 6.77. The lowest BCUT2D eigenvalue weighted by molar-refractivity contribution is 0.659. The first-order chi connectivity index (χ1) is 7.16. The summed E-state index contributed by atoms with van der Waals surface area (Å²) >= 11 is 0. The van der Waals surface area contributed by atoms with Crippen LogP contribution in [-0.2, 0) is 0 Å². The second-order valence-corrected chi connectivity index (χ2v) is 4.57. The van der Waals surface area contributed by atoms with Crippen LogP contribution in [0.2, 0.25) is 0 Å². The summed E-state index contributed by atoms with van der Waals surface area (Å²) in [5, 5.41) is 0. The largest absolute Gasteiger partial charge is 0.370 e. The highest BCUT2D eigenvalue weighted by Crippen LogP contribution is 2.23.